The van der Waals surface area contributed by atoms with Gasteiger partial charge >= 0.3 is 0 Å². The maximum absolute atomic E-state index is 5.55. The van der Waals surface area contributed by atoms with E-state index in [1.54, 1.807) is 0 Å². The Balaban J connectivity index is 1.78. The van der Waals surface area contributed by atoms with E-state index < -0.39 is 0 Å². The van der Waals surface area contributed by atoms with E-state index >= 15 is 0 Å². The molecule has 0 amide bonds. The quantitative estimate of drug-likeness (QED) is 0.784. The van der Waals surface area contributed by atoms with Crippen LogP contribution in [0.4, 0.5) is 5.00 Å². The van der Waals surface area contributed by atoms with Gasteiger partial charge in [-0.1, -0.05) is 4.49 Å². The van der Waals surface area contributed by atoms with E-state index in [0.717, 1.165) is 29.8 Å². The molecular formula is C9H15N3OS. The summed E-state index contributed by atoms with van der Waals surface area (Å²) in [5, 5.41) is 8.30. The number of nitrogens with one attached hydrogen (secondary N) is 1. The molecule has 1 heterocycles. The average Bonchev–Trinajstić information content (AvgIpc) is 2.89. The molecular weight excluding hydrogens is 198 g/mol. The van der Waals surface area contributed by atoms with Crippen LogP contribution in [0, 0.1) is 5.92 Å². The molecule has 4 nitrogen and oxygen atoms in total. The molecule has 78 valence electrons. The monoisotopic (exact) mass is 213 g/mol. The maximum atomic E-state index is 5.55. The Labute approximate surface area is 87.8 Å². The maximum Gasteiger partial charge on any atom is 0.135 e. The second kappa shape index (κ2) is 4.70. The predicted octanol–water partition coefficient (Wildman–Crippen LogP) is 1.90. The van der Waals surface area contributed by atoms with Gasteiger partial charge in [-0.15, -0.1) is 5.10 Å². The molecule has 0 spiro atoms. The lowest BCUT2D eigenvalue weighted by Crippen LogP contribution is -2.02. The van der Waals surface area contributed by atoms with Crippen molar-refractivity contribution in [2.45, 2.75) is 26.4 Å². The summed E-state index contributed by atoms with van der Waals surface area (Å²) >= 11 is 1.40. The number of hydrogen-bond donors (Lipinski definition) is 1. The Morgan fingerprint density at radius 3 is 3.14 bits per heavy atom. The van der Waals surface area contributed by atoms with Crippen LogP contribution in [-0.4, -0.2) is 22.7 Å². The first-order chi connectivity index (χ1) is 6.90. The van der Waals surface area contributed by atoms with E-state index in [9.17, 15) is 0 Å². The van der Waals surface area contributed by atoms with Crippen LogP contribution in [-0.2, 0) is 11.3 Å². The van der Waals surface area contributed by atoms with Gasteiger partial charge in [0.2, 0.25) is 0 Å². The third-order valence-corrected chi connectivity index (χ3v) is 2.91. The van der Waals surface area contributed by atoms with Crippen LogP contribution in [0.15, 0.2) is 0 Å². The molecule has 0 aliphatic heterocycles. The van der Waals surface area contributed by atoms with Gasteiger partial charge in [0.05, 0.1) is 6.61 Å². The SMILES string of the molecule is CCNc1snnc1COCC1CC1. The highest BCUT2D eigenvalue weighted by Crippen LogP contribution is 2.29. The summed E-state index contributed by atoms with van der Waals surface area (Å²) in [7, 11) is 0. The summed E-state index contributed by atoms with van der Waals surface area (Å²) in [6.07, 6.45) is 2.66. The van der Waals surface area contributed by atoms with Crippen LogP contribution in [0.25, 0.3) is 0 Å². The first kappa shape index (κ1) is 9.86. The van der Waals surface area contributed by atoms with Crippen molar-refractivity contribution in [3.63, 3.8) is 0 Å². The van der Waals surface area contributed by atoms with Crippen molar-refractivity contribution in [1.29, 1.82) is 0 Å². The van der Waals surface area contributed by atoms with Gasteiger partial charge in [0, 0.05) is 24.7 Å². The summed E-state index contributed by atoms with van der Waals surface area (Å²) in [5.41, 5.74) is 0.942. The number of hydrogen-bond acceptors (Lipinski definition) is 5. The van der Waals surface area contributed by atoms with E-state index in [2.05, 4.69) is 21.8 Å². The van der Waals surface area contributed by atoms with Gasteiger partial charge in [-0.2, -0.15) is 0 Å². The lowest BCUT2D eigenvalue weighted by molar-refractivity contribution is 0.109. The van der Waals surface area contributed by atoms with Gasteiger partial charge in [0.25, 0.3) is 0 Å². The van der Waals surface area contributed by atoms with E-state index in [4.69, 9.17) is 4.74 Å². The number of nitrogens with zero attached hydrogens (tertiary/aromatic N) is 2. The number of anilines is 1. The van der Waals surface area contributed by atoms with Gasteiger partial charge in [-0.05, 0) is 25.7 Å². The third-order valence-electron chi connectivity index (χ3n) is 2.18. The minimum Gasteiger partial charge on any atom is -0.375 e. The van der Waals surface area contributed by atoms with E-state index in [0.29, 0.717) is 6.61 Å². The summed E-state index contributed by atoms with van der Waals surface area (Å²) < 4.78 is 9.46. The molecule has 1 aliphatic rings. The van der Waals surface area contributed by atoms with Crippen LogP contribution in [0.1, 0.15) is 25.5 Å². The molecule has 5 heteroatoms. The highest BCUT2D eigenvalue weighted by molar-refractivity contribution is 7.10. The molecule has 1 aliphatic carbocycles. The standard InChI is InChI=1S/C9H15N3OS/c1-2-10-9-8(11-12-14-9)6-13-5-7-3-4-7/h7,10H,2-6H2,1H3. The second-order valence-electron chi connectivity index (χ2n) is 3.54. The summed E-state index contributed by atoms with van der Waals surface area (Å²) in [4.78, 5) is 0. The van der Waals surface area contributed by atoms with Gasteiger partial charge < -0.3 is 10.1 Å². The molecule has 2 rings (SSSR count). The van der Waals surface area contributed by atoms with Crippen LogP contribution in [0.2, 0.25) is 0 Å². The fraction of sp³-hybridized carbons (Fsp3) is 0.778. The number of aromatic nitrogens is 2. The molecule has 0 aromatic carbocycles. The van der Waals surface area contributed by atoms with Crippen molar-refractivity contribution < 1.29 is 4.74 Å². The number of rotatable bonds is 6. The second-order valence-corrected chi connectivity index (χ2v) is 4.29. The van der Waals surface area contributed by atoms with Gasteiger partial charge in [-0.3, -0.25) is 0 Å². The molecule has 1 saturated carbocycles. The van der Waals surface area contributed by atoms with Gasteiger partial charge in [0.15, 0.2) is 0 Å². The summed E-state index contributed by atoms with van der Waals surface area (Å²) in [5.74, 6) is 0.809. The van der Waals surface area contributed by atoms with Crippen LogP contribution < -0.4 is 5.32 Å². The molecule has 1 fully saturated rings. The highest BCUT2D eigenvalue weighted by Gasteiger charge is 2.21. The lowest BCUT2D eigenvalue weighted by atomic mass is 10.4. The predicted molar refractivity (Wildman–Crippen MR) is 56.5 cm³/mol. The van der Waals surface area contributed by atoms with Crippen molar-refractivity contribution in [2.24, 2.45) is 5.92 Å². The zero-order valence-corrected chi connectivity index (χ0v) is 9.14. The molecule has 14 heavy (non-hydrogen) atoms. The summed E-state index contributed by atoms with van der Waals surface area (Å²) in [6.45, 7) is 4.44. The van der Waals surface area contributed by atoms with E-state index in [-0.39, 0.29) is 0 Å². The number of ether oxygens (including phenoxy) is 1. The van der Waals surface area contributed by atoms with Gasteiger partial charge in [0.1, 0.15) is 10.7 Å². The average molecular weight is 213 g/mol. The Kier molecular flexibility index (Phi) is 3.31. The Hall–Kier alpha value is -0.680. The minimum absolute atomic E-state index is 0.593. The Bertz CT molecular complexity index is 285. The molecule has 0 saturated heterocycles. The fourth-order valence-electron chi connectivity index (χ4n) is 1.20. The molecule has 0 atom stereocenters. The largest absolute Gasteiger partial charge is 0.375 e. The summed E-state index contributed by atoms with van der Waals surface area (Å²) in [6, 6.07) is 0. The fourth-order valence-corrected chi connectivity index (χ4v) is 1.84. The zero-order chi connectivity index (χ0) is 9.80. The van der Waals surface area contributed by atoms with Crippen molar-refractivity contribution in [3.8, 4) is 0 Å². The smallest absolute Gasteiger partial charge is 0.135 e. The van der Waals surface area contributed by atoms with Crippen molar-refractivity contribution in [2.75, 3.05) is 18.5 Å². The first-order valence-corrected chi connectivity index (χ1v) is 5.80. The van der Waals surface area contributed by atoms with E-state index in [1.807, 2.05) is 0 Å². The Morgan fingerprint density at radius 2 is 2.43 bits per heavy atom. The minimum atomic E-state index is 0.593. The molecule has 0 radical (unpaired) electrons. The Morgan fingerprint density at radius 1 is 1.57 bits per heavy atom. The first-order valence-electron chi connectivity index (χ1n) is 5.03. The normalized spacial score (nSPS) is 15.8. The molecule has 1 N–H and O–H groups in total. The lowest BCUT2D eigenvalue weighted by Gasteiger charge is -2.02. The van der Waals surface area contributed by atoms with E-state index in [1.165, 1.54) is 24.4 Å². The van der Waals surface area contributed by atoms with Crippen LogP contribution in [0.3, 0.4) is 0 Å². The van der Waals surface area contributed by atoms with Crippen molar-refractivity contribution in [3.05, 3.63) is 5.69 Å². The molecule has 1 aromatic rings. The third kappa shape index (κ3) is 2.65. The molecule has 0 bridgehead atoms. The molecule has 0 unspecified atom stereocenters. The molecule has 1 aromatic heterocycles. The van der Waals surface area contributed by atoms with Gasteiger partial charge in [-0.25, -0.2) is 0 Å². The van der Waals surface area contributed by atoms with Crippen LogP contribution >= 0.6 is 11.5 Å². The van der Waals surface area contributed by atoms with Crippen LogP contribution in [0.5, 0.6) is 0 Å². The zero-order valence-electron chi connectivity index (χ0n) is 8.32. The van der Waals surface area contributed by atoms with Crippen molar-refractivity contribution in [1.82, 2.24) is 9.59 Å². The topological polar surface area (TPSA) is 47.0 Å². The van der Waals surface area contributed by atoms with Crippen molar-refractivity contribution >= 4 is 16.5 Å². The highest BCUT2D eigenvalue weighted by atomic mass is 32.1.